The minimum Gasteiger partial charge on any atom is -0.496 e. The van der Waals surface area contributed by atoms with Crippen LogP contribution in [0.1, 0.15) is 24.4 Å². The zero-order valence-electron chi connectivity index (χ0n) is 11.4. The number of para-hydroxylation sites is 1. The molecule has 3 heteroatoms. The second-order valence-corrected chi connectivity index (χ2v) is 4.47. The van der Waals surface area contributed by atoms with Gasteiger partial charge >= 0.3 is 0 Å². The van der Waals surface area contributed by atoms with E-state index in [9.17, 15) is 0 Å². The molecule has 0 aromatic heterocycles. The summed E-state index contributed by atoms with van der Waals surface area (Å²) in [6.07, 6.45) is 2.30. The Morgan fingerprint density at radius 3 is 2.59 bits per heavy atom. The fourth-order valence-corrected chi connectivity index (χ4v) is 2.11. The first-order valence-electron chi connectivity index (χ1n) is 6.14. The number of nitrogens with one attached hydrogen (secondary N) is 1. The van der Waals surface area contributed by atoms with Gasteiger partial charge in [-0.25, -0.2) is 0 Å². The lowest BCUT2D eigenvalue weighted by Gasteiger charge is -2.26. The molecule has 17 heavy (non-hydrogen) atoms. The molecular formula is C14H24N2O. The van der Waals surface area contributed by atoms with Crippen LogP contribution in [0.15, 0.2) is 24.3 Å². The van der Waals surface area contributed by atoms with Crippen LogP contribution < -0.4 is 10.1 Å². The molecule has 0 saturated carbocycles. The van der Waals surface area contributed by atoms with Crippen molar-refractivity contribution in [3.63, 3.8) is 0 Å². The molecule has 0 aliphatic carbocycles. The summed E-state index contributed by atoms with van der Waals surface area (Å²) in [7, 11) is 7.97. The lowest BCUT2D eigenvalue weighted by Crippen LogP contribution is -2.22. The van der Waals surface area contributed by atoms with Gasteiger partial charge in [0.15, 0.2) is 0 Å². The summed E-state index contributed by atoms with van der Waals surface area (Å²) < 4.78 is 5.44. The van der Waals surface area contributed by atoms with E-state index in [1.165, 1.54) is 5.56 Å². The predicted molar refractivity (Wildman–Crippen MR) is 72.6 cm³/mol. The largest absolute Gasteiger partial charge is 0.496 e. The van der Waals surface area contributed by atoms with E-state index in [1.54, 1.807) is 7.11 Å². The molecule has 1 unspecified atom stereocenters. The second kappa shape index (κ2) is 7.30. The summed E-state index contributed by atoms with van der Waals surface area (Å²) in [5, 5.41) is 3.19. The van der Waals surface area contributed by atoms with Crippen molar-refractivity contribution in [1.29, 1.82) is 0 Å². The Labute approximate surface area is 105 Å². The van der Waals surface area contributed by atoms with Crippen molar-refractivity contribution in [2.24, 2.45) is 0 Å². The van der Waals surface area contributed by atoms with Crippen LogP contribution in [0.5, 0.6) is 5.75 Å². The molecule has 3 nitrogen and oxygen atoms in total. The maximum absolute atomic E-state index is 5.44. The van der Waals surface area contributed by atoms with Gasteiger partial charge in [-0.1, -0.05) is 18.2 Å². The summed E-state index contributed by atoms with van der Waals surface area (Å²) in [4.78, 5) is 2.26. The summed E-state index contributed by atoms with van der Waals surface area (Å²) >= 11 is 0. The summed E-state index contributed by atoms with van der Waals surface area (Å²) in [6.45, 7) is 1.06. The first-order valence-corrected chi connectivity index (χ1v) is 6.14. The number of hydrogen-bond donors (Lipinski definition) is 1. The van der Waals surface area contributed by atoms with E-state index in [0.717, 1.165) is 25.1 Å². The van der Waals surface area contributed by atoms with Gasteiger partial charge in [0.2, 0.25) is 0 Å². The molecule has 0 fully saturated rings. The second-order valence-electron chi connectivity index (χ2n) is 4.47. The third kappa shape index (κ3) is 4.02. The molecule has 0 saturated heterocycles. The molecule has 1 rings (SSSR count). The lowest BCUT2D eigenvalue weighted by atomic mass is 10.00. The summed E-state index contributed by atoms with van der Waals surface area (Å²) in [6, 6.07) is 8.70. The Balaban J connectivity index is 2.81. The number of ether oxygens (including phenoxy) is 1. The highest BCUT2D eigenvalue weighted by atomic mass is 16.5. The van der Waals surface area contributed by atoms with Crippen molar-refractivity contribution in [3.8, 4) is 5.75 Å². The zero-order valence-corrected chi connectivity index (χ0v) is 11.4. The van der Waals surface area contributed by atoms with Gasteiger partial charge in [0.1, 0.15) is 5.75 Å². The van der Waals surface area contributed by atoms with Gasteiger partial charge in [0.05, 0.1) is 7.11 Å². The fourth-order valence-electron chi connectivity index (χ4n) is 2.11. The number of hydrogen-bond acceptors (Lipinski definition) is 3. The van der Waals surface area contributed by atoms with Crippen molar-refractivity contribution in [2.45, 2.75) is 18.9 Å². The Morgan fingerprint density at radius 2 is 2.00 bits per heavy atom. The third-order valence-corrected chi connectivity index (χ3v) is 3.03. The van der Waals surface area contributed by atoms with Crippen molar-refractivity contribution in [2.75, 3.05) is 34.8 Å². The van der Waals surface area contributed by atoms with E-state index in [4.69, 9.17) is 4.74 Å². The number of nitrogens with zero attached hydrogens (tertiary/aromatic N) is 1. The van der Waals surface area contributed by atoms with E-state index in [2.05, 4.69) is 36.4 Å². The molecule has 0 aliphatic rings. The minimum absolute atomic E-state index is 0.416. The SMILES string of the molecule is CNCCCC(c1ccccc1OC)N(C)C. The van der Waals surface area contributed by atoms with E-state index < -0.39 is 0 Å². The molecule has 0 heterocycles. The average Bonchev–Trinajstić information content (AvgIpc) is 2.34. The van der Waals surface area contributed by atoms with Crippen molar-refractivity contribution < 1.29 is 4.74 Å². The molecule has 96 valence electrons. The minimum atomic E-state index is 0.416. The van der Waals surface area contributed by atoms with Gasteiger partial charge in [-0.05, 0) is 46.6 Å². The van der Waals surface area contributed by atoms with E-state index in [1.807, 2.05) is 19.2 Å². The maximum Gasteiger partial charge on any atom is 0.123 e. The van der Waals surface area contributed by atoms with E-state index in [0.29, 0.717) is 6.04 Å². The monoisotopic (exact) mass is 236 g/mol. The van der Waals surface area contributed by atoms with Crippen LogP contribution in [0.25, 0.3) is 0 Å². The Kier molecular flexibility index (Phi) is 6.01. The van der Waals surface area contributed by atoms with Crippen molar-refractivity contribution in [1.82, 2.24) is 10.2 Å². The van der Waals surface area contributed by atoms with Crippen LogP contribution in [0.2, 0.25) is 0 Å². The van der Waals surface area contributed by atoms with Crippen LogP contribution >= 0.6 is 0 Å². The van der Waals surface area contributed by atoms with Gasteiger partial charge in [0.25, 0.3) is 0 Å². The summed E-state index contributed by atoms with van der Waals surface area (Å²) in [5.41, 5.74) is 1.27. The lowest BCUT2D eigenvalue weighted by molar-refractivity contribution is 0.270. The predicted octanol–water partition coefficient (Wildman–Crippen LogP) is 2.30. The Hall–Kier alpha value is -1.06. The quantitative estimate of drug-likeness (QED) is 0.735. The number of methoxy groups -OCH3 is 1. The van der Waals surface area contributed by atoms with Crippen LogP contribution in [0, 0.1) is 0 Å². The van der Waals surface area contributed by atoms with Crippen LogP contribution in [0.4, 0.5) is 0 Å². The van der Waals surface area contributed by atoms with Gasteiger partial charge < -0.3 is 15.0 Å². The van der Waals surface area contributed by atoms with Gasteiger partial charge in [-0.2, -0.15) is 0 Å². The third-order valence-electron chi connectivity index (χ3n) is 3.03. The topological polar surface area (TPSA) is 24.5 Å². The molecule has 1 atom stereocenters. The first kappa shape index (κ1) is 14.0. The molecule has 0 amide bonds. The average molecular weight is 236 g/mol. The standard InChI is InChI=1S/C14H24N2O/c1-15-11-7-9-13(16(2)3)12-8-5-6-10-14(12)17-4/h5-6,8,10,13,15H,7,9,11H2,1-4H3. The Morgan fingerprint density at radius 1 is 1.29 bits per heavy atom. The number of benzene rings is 1. The molecule has 0 radical (unpaired) electrons. The Bertz CT molecular complexity index is 326. The molecule has 0 spiro atoms. The molecule has 0 aliphatic heterocycles. The van der Waals surface area contributed by atoms with Crippen LogP contribution in [0.3, 0.4) is 0 Å². The number of rotatable bonds is 7. The fraction of sp³-hybridized carbons (Fsp3) is 0.571. The van der Waals surface area contributed by atoms with E-state index >= 15 is 0 Å². The smallest absolute Gasteiger partial charge is 0.123 e. The highest BCUT2D eigenvalue weighted by molar-refractivity contribution is 5.35. The van der Waals surface area contributed by atoms with Crippen LogP contribution in [-0.4, -0.2) is 39.7 Å². The van der Waals surface area contributed by atoms with Crippen molar-refractivity contribution >= 4 is 0 Å². The van der Waals surface area contributed by atoms with Crippen LogP contribution in [-0.2, 0) is 0 Å². The zero-order chi connectivity index (χ0) is 12.7. The highest BCUT2D eigenvalue weighted by Crippen LogP contribution is 2.30. The van der Waals surface area contributed by atoms with Gasteiger partial charge in [-0.15, -0.1) is 0 Å². The normalized spacial score (nSPS) is 12.8. The maximum atomic E-state index is 5.44. The summed E-state index contributed by atoms with van der Waals surface area (Å²) in [5.74, 6) is 0.982. The van der Waals surface area contributed by atoms with Crippen molar-refractivity contribution in [3.05, 3.63) is 29.8 Å². The first-order chi connectivity index (χ1) is 8.20. The molecule has 1 aromatic carbocycles. The molecule has 0 bridgehead atoms. The highest BCUT2D eigenvalue weighted by Gasteiger charge is 2.17. The molecule has 1 N–H and O–H groups in total. The van der Waals surface area contributed by atoms with Gasteiger partial charge in [0, 0.05) is 11.6 Å². The van der Waals surface area contributed by atoms with E-state index in [-0.39, 0.29) is 0 Å². The van der Waals surface area contributed by atoms with Gasteiger partial charge in [-0.3, -0.25) is 0 Å². The molecular weight excluding hydrogens is 212 g/mol. The molecule has 1 aromatic rings.